The Morgan fingerprint density at radius 1 is 0.880 bits per heavy atom. The molecule has 0 atom stereocenters. The molecule has 0 spiro atoms. The fourth-order valence-electron chi connectivity index (χ4n) is 2.03. The van der Waals surface area contributed by atoms with Gasteiger partial charge in [-0.15, -0.1) is 0 Å². The van der Waals surface area contributed by atoms with Gasteiger partial charge in [0.15, 0.2) is 0 Å². The minimum atomic E-state index is -0.440. The third-order valence-corrected chi connectivity index (χ3v) is 3.33. The molecule has 132 valence electrons. The maximum absolute atomic E-state index is 11.9. The van der Waals surface area contributed by atoms with Crippen molar-refractivity contribution in [1.82, 2.24) is 0 Å². The Kier molecular flexibility index (Phi) is 7.53. The van der Waals surface area contributed by atoms with Gasteiger partial charge < -0.3 is 18.9 Å². The predicted octanol–water partition coefficient (Wildman–Crippen LogP) is 3.73. The zero-order chi connectivity index (χ0) is 17.9. The summed E-state index contributed by atoms with van der Waals surface area (Å²) in [5.41, 5.74) is 0.887. The second kappa shape index (κ2) is 10.2. The minimum absolute atomic E-state index is 0.440. The van der Waals surface area contributed by atoms with Crippen LogP contribution in [0.4, 0.5) is 0 Å². The monoisotopic (exact) mass is 342 g/mol. The zero-order valence-corrected chi connectivity index (χ0v) is 14.4. The lowest BCUT2D eigenvalue weighted by atomic mass is 10.2. The number of carbonyl (C=O) groups excluding carboxylic acids is 1. The molecule has 0 N–H and O–H groups in total. The fourth-order valence-corrected chi connectivity index (χ4v) is 2.03. The van der Waals surface area contributed by atoms with E-state index >= 15 is 0 Å². The molecule has 5 heteroatoms. The van der Waals surface area contributed by atoms with Gasteiger partial charge in [-0.25, -0.2) is 4.79 Å². The first-order valence-electron chi connectivity index (χ1n) is 7.97. The van der Waals surface area contributed by atoms with Crippen LogP contribution in [0.15, 0.2) is 54.6 Å². The molecule has 0 bridgehead atoms. The summed E-state index contributed by atoms with van der Waals surface area (Å²) < 4.78 is 20.8. The first kappa shape index (κ1) is 18.5. The maximum Gasteiger partial charge on any atom is 0.336 e. The molecule has 0 aliphatic carbocycles. The van der Waals surface area contributed by atoms with Crippen molar-refractivity contribution in [3.05, 3.63) is 60.2 Å². The second-order valence-electron chi connectivity index (χ2n) is 5.19. The van der Waals surface area contributed by atoms with Crippen molar-refractivity contribution in [2.24, 2.45) is 0 Å². The van der Waals surface area contributed by atoms with Crippen LogP contribution in [0, 0.1) is 0 Å². The lowest BCUT2D eigenvalue weighted by Crippen LogP contribution is -2.04. The molecule has 0 fully saturated rings. The molecular weight excluding hydrogens is 320 g/mol. The van der Waals surface area contributed by atoms with Crippen LogP contribution in [0.2, 0.25) is 0 Å². The Balaban J connectivity index is 1.82. The van der Waals surface area contributed by atoms with Crippen LogP contribution >= 0.6 is 0 Å². The molecule has 0 saturated heterocycles. The van der Waals surface area contributed by atoms with Crippen molar-refractivity contribution in [2.45, 2.75) is 6.42 Å². The first-order valence-corrected chi connectivity index (χ1v) is 7.97. The summed E-state index contributed by atoms with van der Waals surface area (Å²) in [5.74, 6) is 1.52. The van der Waals surface area contributed by atoms with E-state index in [1.165, 1.54) is 6.08 Å². The second-order valence-corrected chi connectivity index (χ2v) is 5.19. The van der Waals surface area contributed by atoms with Gasteiger partial charge in [0.05, 0.1) is 13.7 Å². The van der Waals surface area contributed by atoms with Crippen molar-refractivity contribution < 1.29 is 23.7 Å². The van der Waals surface area contributed by atoms with E-state index in [1.807, 2.05) is 24.3 Å². The zero-order valence-electron chi connectivity index (χ0n) is 14.4. The highest BCUT2D eigenvalue weighted by molar-refractivity contribution is 5.88. The number of benzene rings is 2. The van der Waals surface area contributed by atoms with Crippen LogP contribution in [0.25, 0.3) is 6.08 Å². The molecule has 0 aromatic heterocycles. The van der Waals surface area contributed by atoms with Crippen LogP contribution in [0.5, 0.6) is 17.2 Å². The molecule has 0 radical (unpaired) electrons. The van der Waals surface area contributed by atoms with Crippen molar-refractivity contribution in [3.63, 3.8) is 0 Å². The van der Waals surface area contributed by atoms with E-state index in [9.17, 15) is 4.79 Å². The van der Waals surface area contributed by atoms with E-state index in [2.05, 4.69) is 0 Å². The third kappa shape index (κ3) is 6.69. The Morgan fingerprint density at radius 3 is 2.16 bits per heavy atom. The van der Waals surface area contributed by atoms with E-state index in [4.69, 9.17) is 18.9 Å². The van der Waals surface area contributed by atoms with E-state index in [-0.39, 0.29) is 0 Å². The smallest absolute Gasteiger partial charge is 0.336 e. The fraction of sp³-hybridized carbons (Fsp3) is 0.250. The van der Waals surface area contributed by atoms with Crippen molar-refractivity contribution in [3.8, 4) is 17.2 Å². The highest BCUT2D eigenvalue weighted by Gasteiger charge is 2.02. The quantitative estimate of drug-likeness (QED) is 0.301. The summed E-state index contributed by atoms with van der Waals surface area (Å²) in [7, 11) is 3.27. The molecule has 2 rings (SSSR count). The maximum atomic E-state index is 11.9. The number of rotatable bonds is 9. The van der Waals surface area contributed by atoms with Gasteiger partial charge in [-0.3, -0.25) is 0 Å². The van der Waals surface area contributed by atoms with Gasteiger partial charge in [0.2, 0.25) is 0 Å². The SMILES string of the molecule is COCCCOc1ccc(OC(=O)/C=C/c2ccc(OC)cc2)cc1. The number of esters is 1. The Bertz CT molecular complexity index is 674. The highest BCUT2D eigenvalue weighted by atomic mass is 16.5. The van der Waals surface area contributed by atoms with E-state index in [0.29, 0.717) is 19.0 Å². The van der Waals surface area contributed by atoms with E-state index < -0.39 is 5.97 Å². The molecule has 0 amide bonds. The summed E-state index contributed by atoms with van der Waals surface area (Å²) in [6.45, 7) is 1.24. The lowest BCUT2D eigenvalue weighted by Gasteiger charge is -2.06. The largest absolute Gasteiger partial charge is 0.497 e. The topological polar surface area (TPSA) is 54.0 Å². The van der Waals surface area contributed by atoms with Crippen LogP contribution in [0.1, 0.15) is 12.0 Å². The minimum Gasteiger partial charge on any atom is -0.497 e. The highest BCUT2D eigenvalue weighted by Crippen LogP contribution is 2.18. The van der Waals surface area contributed by atoms with Crippen molar-refractivity contribution in [1.29, 1.82) is 0 Å². The Morgan fingerprint density at radius 2 is 1.52 bits per heavy atom. The Labute approximate surface area is 147 Å². The molecule has 0 unspecified atom stereocenters. The van der Waals surface area contributed by atoms with Gasteiger partial charge in [-0.2, -0.15) is 0 Å². The first-order chi connectivity index (χ1) is 12.2. The van der Waals surface area contributed by atoms with Crippen LogP contribution < -0.4 is 14.2 Å². The number of carbonyl (C=O) groups is 1. The summed E-state index contributed by atoms with van der Waals surface area (Å²) in [6, 6.07) is 14.3. The van der Waals surface area contributed by atoms with E-state index in [1.54, 1.807) is 44.6 Å². The predicted molar refractivity (Wildman–Crippen MR) is 96.1 cm³/mol. The average Bonchev–Trinajstić information content (AvgIpc) is 2.65. The molecule has 2 aromatic rings. The molecule has 25 heavy (non-hydrogen) atoms. The molecule has 5 nitrogen and oxygen atoms in total. The van der Waals surface area contributed by atoms with E-state index in [0.717, 1.165) is 23.5 Å². The van der Waals surface area contributed by atoms with Gasteiger partial charge in [0.1, 0.15) is 17.2 Å². The Hall–Kier alpha value is -2.79. The standard InChI is InChI=1S/C20H22O5/c1-22-14-3-15-24-18-9-11-19(12-10-18)25-20(21)13-6-16-4-7-17(23-2)8-5-16/h4-13H,3,14-15H2,1-2H3/b13-6+. The summed E-state index contributed by atoms with van der Waals surface area (Å²) >= 11 is 0. The average molecular weight is 342 g/mol. The number of hydrogen-bond acceptors (Lipinski definition) is 5. The summed E-state index contributed by atoms with van der Waals surface area (Å²) in [5, 5.41) is 0. The van der Waals surface area contributed by atoms with Crippen molar-refractivity contribution in [2.75, 3.05) is 27.4 Å². The van der Waals surface area contributed by atoms with Crippen LogP contribution in [-0.4, -0.2) is 33.4 Å². The van der Waals surface area contributed by atoms with Crippen molar-refractivity contribution >= 4 is 12.0 Å². The molecule has 0 aliphatic heterocycles. The van der Waals surface area contributed by atoms with Gasteiger partial charge in [-0.1, -0.05) is 12.1 Å². The van der Waals surface area contributed by atoms with Gasteiger partial charge in [-0.05, 0) is 48.0 Å². The lowest BCUT2D eigenvalue weighted by molar-refractivity contribution is -0.128. The molecule has 2 aromatic carbocycles. The molecule has 0 heterocycles. The van der Waals surface area contributed by atoms with Gasteiger partial charge in [0, 0.05) is 26.2 Å². The third-order valence-electron chi connectivity index (χ3n) is 3.33. The van der Waals surface area contributed by atoms with Crippen LogP contribution in [-0.2, 0) is 9.53 Å². The molecule has 0 saturated carbocycles. The number of hydrogen-bond donors (Lipinski definition) is 0. The van der Waals surface area contributed by atoms with Gasteiger partial charge >= 0.3 is 5.97 Å². The van der Waals surface area contributed by atoms with Crippen LogP contribution in [0.3, 0.4) is 0 Å². The normalized spacial score (nSPS) is 10.6. The number of methoxy groups -OCH3 is 2. The molecule has 0 aliphatic rings. The number of ether oxygens (including phenoxy) is 4. The molecular formula is C20H22O5. The summed E-state index contributed by atoms with van der Waals surface area (Å²) in [4.78, 5) is 11.9. The van der Waals surface area contributed by atoms with Gasteiger partial charge in [0.25, 0.3) is 0 Å². The summed E-state index contributed by atoms with van der Waals surface area (Å²) in [6.07, 6.45) is 3.90.